The molecule has 0 heterocycles. The van der Waals surface area contributed by atoms with Crippen molar-refractivity contribution in [1.29, 1.82) is 0 Å². The number of fused-ring (bicyclic) bond motifs is 2. The highest BCUT2D eigenvalue weighted by atomic mass is 35.5. The maximum absolute atomic E-state index is 6.49. The Kier molecular flexibility index (Phi) is 2.93. The van der Waals surface area contributed by atoms with E-state index in [2.05, 4.69) is 12.1 Å². The fourth-order valence-electron chi connectivity index (χ4n) is 3.16. The summed E-state index contributed by atoms with van der Waals surface area (Å²) in [5, 5.41) is 0.268. The van der Waals surface area contributed by atoms with Crippen LogP contribution in [0.1, 0.15) is 59.7 Å². The molecule has 1 atom stereocenters. The average molecular weight is 235 g/mol. The largest absolute Gasteiger partial charge is 0.118 e. The Hall–Kier alpha value is -0.490. The van der Waals surface area contributed by atoms with Crippen LogP contribution < -0.4 is 0 Å². The number of aryl methyl sites for hydroxylation is 3. The summed E-state index contributed by atoms with van der Waals surface area (Å²) in [5.41, 5.74) is 6.17. The van der Waals surface area contributed by atoms with Crippen LogP contribution in [0.25, 0.3) is 0 Å². The average Bonchev–Trinajstić information content (AvgIpc) is 2.49. The highest BCUT2D eigenvalue weighted by Gasteiger charge is 2.19. The first-order chi connectivity index (χ1) is 7.84. The lowest BCUT2D eigenvalue weighted by Gasteiger charge is -2.20. The SMILES string of the molecule is ClC1CCCCc2cc3c(cc21)CCCC3. The lowest BCUT2D eigenvalue weighted by molar-refractivity contribution is 0.682. The number of hydrogen-bond acceptors (Lipinski definition) is 0. The summed E-state index contributed by atoms with van der Waals surface area (Å²) >= 11 is 6.49. The first-order valence-corrected chi connectivity index (χ1v) is 7.07. The van der Waals surface area contributed by atoms with Gasteiger partial charge < -0.3 is 0 Å². The standard InChI is InChI=1S/C15H19Cl/c16-15-8-4-3-7-13-9-11-5-1-2-6-12(11)10-14(13)15/h9-10,15H,1-8H2. The number of hydrogen-bond donors (Lipinski definition) is 0. The number of rotatable bonds is 0. The summed E-state index contributed by atoms with van der Waals surface area (Å²) in [4.78, 5) is 0. The van der Waals surface area contributed by atoms with Gasteiger partial charge in [0.25, 0.3) is 0 Å². The third kappa shape index (κ3) is 1.88. The minimum atomic E-state index is 0.268. The quantitative estimate of drug-likeness (QED) is 0.456. The molecule has 2 aliphatic rings. The summed E-state index contributed by atoms with van der Waals surface area (Å²) in [6, 6.07) is 4.89. The van der Waals surface area contributed by atoms with Gasteiger partial charge >= 0.3 is 0 Å². The smallest absolute Gasteiger partial charge is 0.0588 e. The van der Waals surface area contributed by atoms with Gasteiger partial charge in [0.15, 0.2) is 0 Å². The fourth-order valence-corrected chi connectivity index (χ4v) is 3.52. The van der Waals surface area contributed by atoms with E-state index < -0.39 is 0 Å². The summed E-state index contributed by atoms with van der Waals surface area (Å²) in [5.74, 6) is 0. The molecule has 0 aromatic heterocycles. The molecule has 0 radical (unpaired) electrons. The van der Waals surface area contributed by atoms with Crippen LogP contribution in [0.15, 0.2) is 12.1 Å². The molecule has 0 nitrogen and oxygen atoms in total. The van der Waals surface area contributed by atoms with Crippen LogP contribution in [0, 0.1) is 0 Å². The van der Waals surface area contributed by atoms with Gasteiger partial charge in [-0.05, 0) is 67.2 Å². The summed E-state index contributed by atoms with van der Waals surface area (Å²) in [6.45, 7) is 0. The Morgan fingerprint density at radius 2 is 1.44 bits per heavy atom. The molecule has 0 saturated heterocycles. The zero-order valence-electron chi connectivity index (χ0n) is 9.77. The second kappa shape index (κ2) is 4.41. The third-order valence-corrected chi connectivity index (χ3v) is 4.55. The summed E-state index contributed by atoms with van der Waals surface area (Å²) < 4.78 is 0. The topological polar surface area (TPSA) is 0 Å². The van der Waals surface area contributed by atoms with E-state index in [0.717, 1.165) is 6.42 Å². The van der Waals surface area contributed by atoms with Crippen LogP contribution >= 0.6 is 11.6 Å². The molecule has 86 valence electrons. The van der Waals surface area contributed by atoms with Gasteiger partial charge in [0.2, 0.25) is 0 Å². The van der Waals surface area contributed by atoms with Crippen molar-refractivity contribution in [1.82, 2.24) is 0 Å². The maximum atomic E-state index is 6.49. The number of benzene rings is 1. The number of halogens is 1. The van der Waals surface area contributed by atoms with Crippen LogP contribution in [0.5, 0.6) is 0 Å². The molecule has 1 aromatic carbocycles. The molecule has 0 N–H and O–H groups in total. The Labute approximate surface area is 103 Å². The van der Waals surface area contributed by atoms with Gasteiger partial charge in [0.1, 0.15) is 0 Å². The van der Waals surface area contributed by atoms with E-state index >= 15 is 0 Å². The van der Waals surface area contributed by atoms with Crippen LogP contribution in [-0.4, -0.2) is 0 Å². The van der Waals surface area contributed by atoms with Crippen molar-refractivity contribution in [3.8, 4) is 0 Å². The molecular formula is C15H19Cl. The third-order valence-electron chi connectivity index (χ3n) is 4.09. The van der Waals surface area contributed by atoms with E-state index in [9.17, 15) is 0 Å². The second-order valence-corrected chi connectivity index (χ2v) is 5.77. The zero-order valence-corrected chi connectivity index (χ0v) is 10.5. The van der Waals surface area contributed by atoms with Crippen LogP contribution in [0.3, 0.4) is 0 Å². The number of alkyl halides is 1. The molecule has 0 amide bonds. The van der Waals surface area contributed by atoms with Crippen LogP contribution in [0.4, 0.5) is 0 Å². The van der Waals surface area contributed by atoms with Gasteiger partial charge in [0.05, 0.1) is 5.38 Å². The van der Waals surface area contributed by atoms with E-state index in [1.54, 1.807) is 11.1 Å². The molecule has 0 saturated carbocycles. The lowest BCUT2D eigenvalue weighted by Crippen LogP contribution is -2.06. The van der Waals surface area contributed by atoms with E-state index in [1.165, 1.54) is 56.1 Å². The normalized spacial score (nSPS) is 24.4. The monoisotopic (exact) mass is 234 g/mol. The van der Waals surface area contributed by atoms with Gasteiger partial charge in [-0.2, -0.15) is 0 Å². The zero-order chi connectivity index (χ0) is 11.0. The van der Waals surface area contributed by atoms with Crippen molar-refractivity contribution in [2.75, 3.05) is 0 Å². The molecule has 0 bridgehead atoms. The van der Waals surface area contributed by atoms with E-state index in [4.69, 9.17) is 11.6 Å². The molecule has 1 unspecified atom stereocenters. The van der Waals surface area contributed by atoms with Gasteiger partial charge in [-0.3, -0.25) is 0 Å². The Morgan fingerprint density at radius 1 is 0.812 bits per heavy atom. The molecule has 3 rings (SSSR count). The summed E-state index contributed by atoms with van der Waals surface area (Å²) in [7, 11) is 0. The van der Waals surface area contributed by atoms with Crippen LogP contribution in [0.2, 0.25) is 0 Å². The lowest BCUT2D eigenvalue weighted by atomic mass is 9.87. The second-order valence-electron chi connectivity index (χ2n) is 5.24. The highest BCUT2D eigenvalue weighted by Crippen LogP contribution is 2.36. The molecule has 2 aliphatic carbocycles. The van der Waals surface area contributed by atoms with Crippen molar-refractivity contribution in [3.63, 3.8) is 0 Å². The van der Waals surface area contributed by atoms with Gasteiger partial charge in [-0.15, -0.1) is 11.6 Å². The predicted molar refractivity (Wildman–Crippen MR) is 69.2 cm³/mol. The Morgan fingerprint density at radius 3 is 2.25 bits per heavy atom. The first-order valence-electron chi connectivity index (χ1n) is 6.63. The Balaban J connectivity index is 2.06. The van der Waals surface area contributed by atoms with Gasteiger partial charge in [-0.25, -0.2) is 0 Å². The van der Waals surface area contributed by atoms with Crippen molar-refractivity contribution in [2.45, 2.75) is 56.7 Å². The fraction of sp³-hybridized carbons (Fsp3) is 0.600. The molecule has 0 aliphatic heterocycles. The van der Waals surface area contributed by atoms with Crippen molar-refractivity contribution in [2.24, 2.45) is 0 Å². The van der Waals surface area contributed by atoms with E-state index in [0.29, 0.717) is 0 Å². The predicted octanol–water partition coefficient (Wildman–Crippen LogP) is 4.57. The molecular weight excluding hydrogens is 216 g/mol. The van der Waals surface area contributed by atoms with E-state index in [-0.39, 0.29) is 5.38 Å². The van der Waals surface area contributed by atoms with Gasteiger partial charge in [-0.1, -0.05) is 18.6 Å². The van der Waals surface area contributed by atoms with Crippen molar-refractivity contribution < 1.29 is 0 Å². The van der Waals surface area contributed by atoms with Crippen molar-refractivity contribution >= 4 is 11.6 Å². The van der Waals surface area contributed by atoms with Crippen molar-refractivity contribution in [3.05, 3.63) is 34.4 Å². The Bertz CT molecular complexity index is 395. The molecule has 1 heteroatoms. The molecule has 1 aromatic rings. The van der Waals surface area contributed by atoms with Crippen LogP contribution in [-0.2, 0) is 19.3 Å². The minimum absolute atomic E-state index is 0.268. The molecule has 16 heavy (non-hydrogen) atoms. The first kappa shape index (κ1) is 10.7. The van der Waals surface area contributed by atoms with E-state index in [1.807, 2.05) is 0 Å². The summed E-state index contributed by atoms with van der Waals surface area (Å²) in [6.07, 6.45) is 10.3. The van der Waals surface area contributed by atoms with Gasteiger partial charge in [0, 0.05) is 0 Å². The molecule has 0 spiro atoms. The molecule has 0 fully saturated rings. The minimum Gasteiger partial charge on any atom is -0.118 e. The maximum Gasteiger partial charge on any atom is 0.0588 e. The highest BCUT2D eigenvalue weighted by molar-refractivity contribution is 6.20.